The van der Waals surface area contributed by atoms with Crippen LogP contribution >= 0.6 is 0 Å². The van der Waals surface area contributed by atoms with Gasteiger partial charge in [0.05, 0.1) is 24.9 Å². The molecule has 0 aliphatic heterocycles. The van der Waals surface area contributed by atoms with Gasteiger partial charge in [-0.25, -0.2) is 4.68 Å². The minimum absolute atomic E-state index is 0.0408. The number of aryl methyl sites for hydroxylation is 1. The summed E-state index contributed by atoms with van der Waals surface area (Å²) in [6.07, 6.45) is 1.94. The second-order valence-electron chi connectivity index (χ2n) is 4.41. The molecule has 20 heavy (non-hydrogen) atoms. The van der Waals surface area contributed by atoms with Crippen LogP contribution in [0, 0.1) is 0 Å². The van der Waals surface area contributed by atoms with Crippen molar-refractivity contribution in [3.8, 4) is 0 Å². The molecule has 3 rings (SSSR count). The van der Waals surface area contributed by atoms with E-state index in [-0.39, 0.29) is 5.91 Å². The van der Waals surface area contributed by atoms with E-state index in [1.807, 2.05) is 30.3 Å². The van der Waals surface area contributed by atoms with Crippen molar-refractivity contribution < 1.29 is 9.21 Å². The van der Waals surface area contributed by atoms with Crippen LogP contribution in [0.3, 0.4) is 0 Å². The van der Waals surface area contributed by atoms with E-state index >= 15 is 0 Å². The fraction of sp³-hybridized carbons (Fsp3) is 0.214. The third-order valence-electron chi connectivity index (χ3n) is 3.01. The van der Waals surface area contributed by atoms with Gasteiger partial charge in [-0.3, -0.25) is 4.79 Å². The summed E-state index contributed by atoms with van der Waals surface area (Å²) in [4.78, 5) is 11.8. The van der Waals surface area contributed by atoms with Crippen molar-refractivity contribution in [2.24, 2.45) is 0 Å². The zero-order valence-electron chi connectivity index (χ0n) is 10.8. The molecular weight excluding hydrogens is 256 g/mol. The molecule has 1 N–H and O–H groups in total. The first-order valence-corrected chi connectivity index (χ1v) is 6.40. The fourth-order valence-corrected chi connectivity index (χ4v) is 1.98. The highest BCUT2D eigenvalue weighted by Gasteiger charge is 2.07. The summed E-state index contributed by atoms with van der Waals surface area (Å²) in [5.41, 5.74) is 1.77. The average molecular weight is 270 g/mol. The van der Waals surface area contributed by atoms with Gasteiger partial charge in [-0.15, -0.1) is 5.10 Å². The number of aromatic nitrogens is 3. The van der Waals surface area contributed by atoms with Gasteiger partial charge in [0, 0.05) is 6.42 Å². The highest BCUT2D eigenvalue weighted by molar-refractivity contribution is 5.76. The van der Waals surface area contributed by atoms with Crippen LogP contribution in [0.15, 0.2) is 47.1 Å². The van der Waals surface area contributed by atoms with Crippen LogP contribution in [0.25, 0.3) is 11.0 Å². The van der Waals surface area contributed by atoms with E-state index in [0.29, 0.717) is 19.5 Å². The van der Waals surface area contributed by atoms with Gasteiger partial charge in [0.25, 0.3) is 0 Å². The van der Waals surface area contributed by atoms with Crippen LogP contribution in [-0.2, 0) is 17.9 Å². The monoisotopic (exact) mass is 270 g/mol. The summed E-state index contributed by atoms with van der Waals surface area (Å²) >= 11 is 0. The van der Waals surface area contributed by atoms with E-state index < -0.39 is 0 Å². The van der Waals surface area contributed by atoms with Crippen LogP contribution in [0.4, 0.5) is 0 Å². The molecule has 0 aliphatic carbocycles. The third kappa shape index (κ3) is 2.69. The van der Waals surface area contributed by atoms with Crippen molar-refractivity contribution in [2.45, 2.75) is 19.5 Å². The number of benzene rings is 1. The van der Waals surface area contributed by atoms with E-state index in [1.165, 1.54) is 0 Å². The second kappa shape index (κ2) is 5.56. The maximum atomic E-state index is 11.8. The first-order valence-electron chi connectivity index (χ1n) is 6.40. The molecule has 0 fully saturated rings. The molecule has 1 amide bonds. The largest absolute Gasteiger partial charge is 0.467 e. The molecule has 2 heterocycles. The van der Waals surface area contributed by atoms with Gasteiger partial charge in [-0.1, -0.05) is 17.3 Å². The number of furan rings is 1. The quantitative estimate of drug-likeness (QED) is 0.766. The van der Waals surface area contributed by atoms with Crippen molar-refractivity contribution >= 4 is 16.9 Å². The highest BCUT2D eigenvalue weighted by Crippen LogP contribution is 2.09. The van der Waals surface area contributed by atoms with Crippen LogP contribution in [0.1, 0.15) is 12.2 Å². The van der Waals surface area contributed by atoms with Crippen molar-refractivity contribution in [3.05, 3.63) is 48.4 Å². The lowest BCUT2D eigenvalue weighted by Crippen LogP contribution is -2.23. The number of para-hydroxylation sites is 1. The smallest absolute Gasteiger partial charge is 0.222 e. The maximum Gasteiger partial charge on any atom is 0.222 e. The number of fused-ring (bicyclic) bond motifs is 1. The number of hydrogen-bond donors (Lipinski definition) is 1. The topological polar surface area (TPSA) is 73.0 Å². The lowest BCUT2D eigenvalue weighted by Gasteiger charge is -2.04. The van der Waals surface area contributed by atoms with E-state index in [0.717, 1.165) is 16.8 Å². The summed E-state index contributed by atoms with van der Waals surface area (Å²) in [5, 5.41) is 10.9. The molecule has 0 spiro atoms. The number of carbonyl (C=O) groups excluding carboxylic acids is 1. The minimum Gasteiger partial charge on any atom is -0.467 e. The van der Waals surface area contributed by atoms with E-state index in [4.69, 9.17) is 4.42 Å². The summed E-state index contributed by atoms with van der Waals surface area (Å²) < 4.78 is 6.89. The van der Waals surface area contributed by atoms with Crippen LogP contribution < -0.4 is 5.32 Å². The molecule has 6 heteroatoms. The van der Waals surface area contributed by atoms with Gasteiger partial charge in [0.15, 0.2) is 0 Å². The summed E-state index contributed by atoms with van der Waals surface area (Å²) in [6.45, 7) is 0.911. The summed E-state index contributed by atoms with van der Waals surface area (Å²) in [6, 6.07) is 11.3. The molecule has 0 radical (unpaired) electrons. The van der Waals surface area contributed by atoms with Crippen molar-refractivity contribution in [1.29, 1.82) is 0 Å². The molecule has 2 aromatic heterocycles. The molecule has 0 saturated heterocycles. The molecule has 0 atom stereocenters. The SMILES string of the molecule is O=C(CCn1nnc2ccccc21)NCc1ccco1. The Morgan fingerprint density at radius 2 is 2.15 bits per heavy atom. The molecule has 0 aliphatic rings. The van der Waals surface area contributed by atoms with Gasteiger partial charge in [-0.2, -0.15) is 0 Å². The first-order chi connectivity index (χ1) is 9.83. The molecule has 0 saturated carbocycles. The van der Waals surface area contributed by atoms with Crippen LogP contribution in [0.5, 0.6) is 0 Å². The number of rotatable bonds is 5. The average Bonchev–Trinajstić information content (AvgIpc) is 3.12. The molecule has 0 unspecified atom stereocenters. The molecule has 102 valence electrons. The van der Waals surface area contributed by atoms with Crippen molar-refractivity contribution in [1.82, 2.24) is 20.3 Å². The van der Waals surface area contributed by atoms with Gasteiger partial charge >= 0.3 is 0 Å². The Kier molecular flexibility index (Phi) is 3.45. The molecular formula is C14H14N4O2. The summed E-state index contributed by atoms with van der Waals surface area (Å²) in [5.74, 6) is 0.700. The number of hydrogen-bond acceptors (Lipinski definition) is 4. The minimum atomic E-state index is -0.0408. The predicted molar refractivity (Wildman–Crippen MR) is 72.7 cm³/mol. The molecule has 6 nitrogen and oxygen atoms in total. The first kappa shape index (κ1) is 12.4. The maximum absolute atomic E-state index is 11.8. The lowest BCUT2D eigenvalue weighted by molar-refractivity contribution is -0.121. The van der Waals surface area contributed by atoms with Crippen molar-refractivity contribution in [3.63, 3.8) is 0 Å². The Hall–Kier alpha value is -2.63. The van der Waals surface area contributed by atoms with Crippen molar-refractivity contribution in [2.75, 3.05) is 0 Å². The molecule has 1 aromatic carbocycles. The number of nitrogens with one attached hydrogen (secondary N) is 1. The van der Waals surface area contributed by atoms with E-state index in [9.17, 15) is 4.79 Å². The Bertz CT molecular complexity index is 703. The van der Waals surface area contributed by atoms with Gasteiger partial charge in [-0.05, 0) is 24.3 Å². The second-order valence-corrected chi connectivity index (χ2v) is 4.41. The number of carbonyl (C=O) groups is 1. The van der Waals surface area contributed by atoms with Crippen LogP contribution in [0.2, 0.25) is 0 Å². The van der Waals surface area contributed by atoms with Gasteiger partial charge in [0.1, 0.15) is 11.3 Å². The van der Waals surface area contributed by atoms with E-state index in [2.05, 4.69) is 15.6 Å². The number of amides is 1. The Balaban J connectivity index is 1.55. The summed E-state index contributed by atoms with van der Waals surface area (Å²) in [7, 11) is 0. The zero-order valence-corrected chi connectivity index (χ0v) is 10.8. The van der Waals surface area contributed by atoms with Gasteiger partial charge in [0.2, 0.25) is 5.91 Å². The molecule has 3 aromatic rings. The molecule has 0 bridgehead atoms. The Morgan fingerprint density at radius 1 is 1.25 bits per heavy atom. The fourth-order valence-electron chi connectivity index (χ4n) is 1.98. The standard InChI is InChI=1S/C14H14N4O2/c19-14(15-10-11-4-3-9-20-11)7-8-18-13-6-2-1-5-12(13)16-17-18/h1-6,9H,7-8,10H2,(H,15,19). The normalized spacial score (nSPS) is 10.8. The zero-order chi connectivity index (χ0) is 13.8. The van der Waals surface area contributed by atoms with Crippen LogP contribution in [-0.4, -0.2) is 20.9 Å². The lowest BCUT2D eigenvalue weighted by atomic mass is 10.3. The Labute approximate surface area is 115 Å². The predicted octanol–water partition coefficient (Wildman–Crippen LogP) is 1.73. The van der Waals surface area contributed by atoms with E-state index in [1.54, 1.807) is 17.0 Å². The Morgan fingerprint density at radius 3 is 3.00 bits per heavy atom. The van der Waals surface area contributed by atoms with Gasteiger partial charge < -0.3 is 9.73 Å². The third-order valence-corrected chi connectivity index (χ3v) is 3.01. The highest BCUT2D eigenvalue weighted by atomic mass is 16.3. The number of nitrogens with zero attached hydrogens (tertiary/aromatic N) is 3.